The van der Waals surface area contributed by atoms with Crippen LogP contribution in [0, 0.1) is 0 Å². The third-order valence-corrected chi connectivity index (χ3v) is 14.4. The number of nitrogens with zero attached hydrogens (tertiary/aromatic N) is 7. The summed E-state index contributed by atoms with van der Waals surface area (Å²) in [6.07, 6.45) is 0. The first-order valence-corrected chi connectivity index (χ1v) is 21.8. The van der Waals surface area contributed by atoms with E-state index < -0.39 is 7.44 Å². The topological polar surface area (TPSA) is 81.7 Å². The minimum absolute atomic E-state index is 0.545. The second kappa shape index (κ2) is 13.8. The molecule has 0 N–H and O–H groups in total. The fourth-order valence-corrected chi connectivity index (χ4v) is 11.7. The van der Waals surface area contributed by atoms with Crippen molar-refractivity contribution >= 4 is 57.0 Å². The summed E-state index contributed by atoms with van der Waals surface area (Å²) in [5, 5.41) is 2.88. The molecule has 288 valence electrons. The van der Waals surface area contributed by atoms with Crippen molar-refractivity contribution < 1.29 is 4.57 Å². The van der Waals surface area contributed by atoms with Gasteiger partial charge in [0.2, 0.25) is 5.95 Å². The number of rotatable bonds is 6. The van der Waals surface area contributed by atoms with Gasteiger partial charge in [0.15, 0.2) is 11.6 Å². The summed E-state index contributed by atoms with van der Waals surface area (Å²) in [5.74, 6) is 2.43. The van der Waals surface area contributed by atoms with Gasteiger partial charge in [0.05, 0.1) is 33.1 Å². The van der Waals surface area contributed by atoms with Gasteiger partial charge in [-0.3, -0.25) is 18.1 Å². The Morgan fingerprint density at radius 3 is 1.69 bits per heavy atom. The molecule has 1 aliphatic heterocycles. The molecule has 4 heterocycles. The zero-order valence-corrected chi connectivity index (χ0v) is 33.5. The van der Waals surface area contributed by atoms with Crippen LogP contribution in [-0.4, -0.2) is 28.8 Å². The maximum atomic E-state index is 16.2. The van der Waals surface area contributed by atoms with E-state index in [4.69, 9.17) is 19.9 Å². The van der Waals surface area contributed by atoms with Crippen LogP contribution in [0.2, 0.25) is 0 Å². The molecular weight excluding hydrogens is 770 g/mol. The first-order valence-electron chi connectivity index (χ1n) is 20.2. The van der Waals surface area contributed by atoms with E-state index >= 15 is 4.57 Å². The van der Waals surface area contributed by atoms with Crippen LogP contribution >= 0.6 is 7.44 Å². The van der Waals surface area contributed by atoms with Crippen molar-refractivity contribution in [2.24, 2.45) is 0 Å². The van der Waals surface area contributed by atoms with E-state index in [9.17, 15) is 0 Å². The highest BCUT2D eigenvalue weighted by atomic mass is 31.2. The number of anilines is 2. The van der Waals surface area contributed by atoms with E-state index in [0.717, 1.165) is 77.3 Å². The van der Waals surface area contributed by atoms with Gasteiger partial charge in [-0.05, 0) is 77.9 Å². The lowest BCUT2D eigenvalue weighted by molar-refractivity contribution is 0.575. The molecule has 0 saturated carbocycles. The highest BCUT2D eigenvalue weighted by molar-refractivity contribution is 7.72. The molecule has 9 heteroatoms. The summed E-state index contributed by atoms with van der Waals surface area (Å²) < 4.78 is 22.4. The zero-order chi connectivity index (χ0) is 40.5. The average molecular weight is 804 g/mol. The molecule has 0 fully saturated rings. The maximum absolute atomic E-state index is 16.2. The van der Waals surface area contributed by atoms with E-state index in [1.807, 2.05) is 155 Å². The van der Waals surface area contributed by atoms with Crippen molar-refractivity contribution in [2.45, 2.75) is 0 Å². The Balaban J connectivity index is 1.06. The predicted octanol–water partition coefficient (Wildman–Crippen LogP) is 12.5. The van der Waals surface area contributed by atoms with Crippen LogP contribution in [0.5, 0.6) is 0 Å². The summed E-state index contributed by atoms with van der Waals surface area (Å²) in [4.78, 5) is 20.4. The molecule has 61 heavy (non-hydrogen) atoms. The number of hydrogen-bond acceptors (Lipinski definition) is 5. The maximum Gasteiger partial charge on any atom is 0.302 e. The molecule has 0 aliphatic carbocycles. The fourth-order valence-electron chi connectivity index (χ4n) is 8.76. The van der Waals surface area contributed by atoms with Gasteiger partial charge in [0, 0.05) is 33.2 Å². The van der Waals surface area contributed by atoms with Crippen molar-refractivity contribution in [1.82, 2.24) is 28.8 Å². The molecule has 0 bridgehead atoms. The highest BCUT2D eigenvalue weighted by Gasteiger charge is 2.44. The minimum Gasteiger partial charge on any atom is -0.278 e. The summed E-state index contributed by atoms with van der Waals surface area (Å²) in [7, 11) is -3.57. The van der Waals surface area contributed by atoms with Gasteiger partial charge < -0.3 is 0 Å². The van der Waals surface area contributed by atoms with Crippen molar-refractivity contribution in [2.75, 3.05) is 4.67 Å². The lowest BCUT2D eigenvalue weighted by Crippen LogP contribution is -2.30. The fraction of sp³-hybridized carbons (Fsp3) is 0. The first-order chi connectivity index (χ1) is 30.1. The molecule has 0 spiro atoms. The Hall–Kier alpha value is -7.93. The number of fused-ring (bicyclic) bond motifs is 8. The number of imidazole rings is 1. The number of hydrogen-bond donors (Lipinski definition) is 0. The SMILES string of the molecule is O=P1(c2ccccc2)N(c2ccccc2)c2ccc(-c3ccc4c(c3)c3ccccc3n4-c3nc(-c4ccccc4)nc(-c4ccccc4)n3)cc2-c2nc3ccccc3n21. The molecule has 3 aromatic heterocycles. The van der Waals surface area contributed by atoms with Crippen molar-refractivity contribution in [1.29, 1.82) is 0 Å². The van der Waals surface area contributed by atoms with Gasteiger partial charge in [-0.1, -0.05) is 140 Å². The molecule has 12 rings (SSSR count). The van der Waals surface area contributed by atoms with Crippen molar-refractivity contribution in [3.05, 3.63) is 206 Å². The highest BCUT2D eigenvalue weighted by Crippen LogP contribution is 2.64. The Morgan fingerprint density at radius 1 is 0.426 bits per heavy atom. The minimum atomic E-state index is -3.57. The van der Waals surface area contributed by atoms with Crippen LogP contribution in [0.4, 0.5) is 11.4 Å². The molecule has 0 radical (unpaired) electrons. The van der Waals surface area contributed by atoms with Crippen LogP contribution in [0.15, 0.2) is 206 Å². The molecule has 1 aliphatic rings. The van der Waals surface area contributed by atoms with E-state index in [1.54, 1.807) is 0 Å². The average Bonchev–Trinajstić information content (AvgIpc) is 3.90. The molecule has 0 saturated heterocycles. The van der Waals surface area contributed by atoms with Crippen LogP contribution in [0.1, 0.15) is 0 Å². The largest absolute Gasteiger partial charge is 0.302 e. The van der Waals surface area contributed by atoms with Crippen LogP contribution in [0.25, 0.3) is 84.1 Å². The Bertz CT molecular complexity index is 3460. The van der Waals surface area contributed by atoms with E-state index in [0.29, 0.717) is 23.4 Å². The lowest BCUT2D eigenvalue weighted by atomic mass is 9.99. The third-order valence-electron chi connectivity index (χ3n) is 11.5. The smallest absolute Gasteiger partial charge is 0.278 e. The normalized spacial score (nSPS) is 14.7. The van der Waals surface area contributed by atoms with Gasteiger partial charge >= 0.3 is 7.44 Å². The molecule has 1 atom stereocenters. The molecular formula is C52H34N7OP. The Labute approximate surface area is 351 Å². The summed E-state index contributed by atoms with van der Waals surface area (Å²) >= 11 is 0. The van der Waals surface area contributed by atoms with Crippen molar-refractivity contribution in [3.63, 3.8) is 0 Å². The summed E-state index contributed by atoms with van der Waals surface area (Å²) in [5.41, 5.74) is 10.0. The standard InChI is InChI=1S/C52H34N7OP/c60-61(40-23-11-4-12-24-40)58(39-21-9-3-10-22-39)47-32-30-38(34-43(47)51-53-44-26-14-16-28-48(44)59(51)61)37-29-31-46-42(33-37)41-25-13-15-27-45(41)57(46)52-55-49(35-17-5-1-6-18-35)54-50(56-52)36-19-7-2-8-20-36/h1-34H. The molecule has 8 nitrogen and oxygen atoms in total. The number of aromatic nitrogens is 6. The number of benzene rings is 8. The van der Waals surface area contributed by atoms with Gasteiger partial charge in [0.1, 0.15) is 5.82 Å². The molecule has 1 unspecified atom stereocenters. The first kappa shape index (κ1) is 35.1. The predicted molar refractivity (Wildman–Crippen MR) is 247 cm³/mol. The Morgan fingerprint density at radius 2 is 0.984 bits per heavy atom. The third kappa shape index (κ3) is 5.50. The van der Waals surface area contributed by atoms with Gasteiger partial charge in [-0.2, -0.15) is 9.97 Å². The van der Waals surface area contributed by atoms with E-state index in [-0.39, 0.29) is 0 Å². The molecule has 0 amide bonds. The quantitative estimate of drug-likeness (QED) is 0.156. The second-order valence-electron chi connectivity index (χ2n) is 15.1. The summed E-state index contributed by atoms with van der Waals surface area (Å²) in [6.45, 7) is 0. The second-order valence-corrected chi connectivity index (χ2v) is 17.5. The lowest BCUT2D eigenvalue weighted by Gasteiger charge is -2.40. The van der Waals surface area contributed by atoms with Crippen LogP contribution in [-0.2, 0) is 4.57 Å². The van der Waals surface area contributed by atoms with Gasteiger partial charge in [0.25, 0.3) is 0 Å². The van der Waals surface area contributed by atoms with Gasteiger partial charge in [-0.25, -0.2) is 9.97 Å². The van der Waals surface area contributed by atoms with Gasteiger partial charge in [-0.15, -0.1) is 0 Å². The summed E-state index contributed by atoms with van der Waals surface area (Å²) in [6, 6.07) is 69.3. The monoisotopic (exact) mass is 803 g/mol. The zero-order valence-electron chi connectivity index (χ0n) is 32.6. The van der Waals surface area contributed by atoms with Crippen LogP contribution < -0.4 is 9.97 Å². The van der Waals surface area contributed by atoms with E-state index in [1.165, 1.54) is 0 Å². The molecule has 11 aromatic rings. The van der Waals surface area contributed by atoms with E-state index in [2.05, 4.69) is 65.2 Å². The Kier molecular flexibility index (Phi) is 7.95. The number of para-hydroxylation sites is 4. The van der Waals surface area contributed by atoms with Crippen molar-refractivity contribution in [3.8, 4) is 51.2 Å². The molecule has 8 aromatic carbocycles. The van der Waals surface area contributed by atoms with Crippen LogP contribution in [0.3, 0.4) is 0 Å².